The summed E-state index contributed by atoms with van der Waals surface area (Å²) in [5.41, 5.74) is 6.37. The Balaban J connectivity index is 2.29. The Morgan fingerprint density at radius 2 is 2.27 bits per heavy atom. The summed E-state index contributed by atoms with van der Waals surface area (Å²) < 4.78 is 8.24. The molecule has 0 saturated carbocycles. The van der Waals surface area contributed by atoms with E-state index in [1.54, 1.807) is 22.9 Å². The minimum Gasteiger partial charge on any atom is -0.423 e. The zero-order valence-corrected chi connectivity index (χ0v) is 9.73. The minimum atomic E-state index is 0.518. The van der Waals surface area contributed by atoms with Gasteiger partial charge >= 0.3 is 6.01 Å². The van der Waals surface area contributed by atoms with Gasteiger partial charge in [0.05, 0.1) is 5.69 Å². The number of nitrogens with two attached hydrogens (primary N) is 1. The van der Waals surface area contributed by atoms with Crippen molar-refractivity contribution in [1.29, 1.82) is 0 Å². The second-order valence-corrected chi connectivity index (χ2v) is 4.02. The minimum absolute atomic E-state index is 0.518. The Kier molecular flexibility index (Phi) is 2.64. The molecule has 78 valence electrons. The van der Waals surface area contributed by atoms with Crippen molar-refractivity contribution in [1.82, 2.24) is 9.55 Å². The van der Waals surface area contributed by atoms with E-state index in [0.717, 1.165) is 4.47 Å². The Labute approximate surface area is 95.8 Å². The summed E-state index contributed by atoms with van der Waals surface area (Å²) in [6.45, 7) is 0. The van der Waals surface area contributed by atoms with Crippen molar-refractivity contribution in [2.45, 2.75) is 0 Å². The summed E-state index contributed by atoms with van der Waals surface area (Å²) in [7, 11) is 1.86. The first-order valence-electron chi connectivity index (χ1n) is 4.37. The molecule has 2 N–H and O–H groups in total. The fraction of sp³-hybridized carbons (Fsp3) is 0.100. The summed E-state index contributed by atoms with van der Waals surface area (Å²) in [4.78, 5) is 4.05. The van der Waals surface area contributed by atoms with Gasteiger partial charge in [-0.1, -0.05) is 15.9 Å². The van der Waals surface area contributed by atoms with Crippen molar-refractivity contribution in [3.63, 3.8) is 0 Å². The molecule has 4 nitrogen and oxygen atoms in total. The first kappa shape index (κ1) is 10.0. The number of aryl methyl sites for hydroxylation is 1. The predicted octanol–water partition coefficient (Wildman–Crippen LogP) is 2.56. The van der Waals surface area contributed by atoms with Gasteiger partial charge in [0.2, 0.25) is 0 Å². The molecular formula is C10H10BrN3O. The van der Waals surface area contributed by atoms with Crippen molar-refractivity contribution in [2.24, 2.45) is 7.05 Å². The molecule has 0 unspecified atom stereocenters. The quantitative estimate of drug-likeness (QED) is 0.851. The van der Waals surface area contributed by atoms with Crippen LogP contribution < -0.4 is 10.5 Å². The van der Waals surface area contributed by atoms with Crippen molar-refractivity contribution >= 4 is 21.6 Å². The molecule has 1 aromatic heterocycles. The van der Waals surface area contributed by atoms with Gasteiger partial charge in [0.15, 0.2) is 5.75 Å². The van der Waals surface area contributed by atoms with E-state index >= 15 is 0 Å². The second-order valence-electron chi connectivity index (χ2n) is 3.10. The van der Waals surface area contributed by atoms with Crippen LogP contribution in [-0.2, 0) is 7.05 Å². The third-order valence-corrected chi connectivity index (χ3v) is 2.44. The summed E-state index contributed by atoms with van der Waals surface area (Å²) >= 11 is 3.33. The van der Waals surface area contributed by atoms with Crippen LogP contribution in [0.25, 0.3) is 0 Å². The van der Waals surface area contributed by atoms with Crippen molar-refractivity contribution < 1.29 is 4.74 Å². The molecule has 0 aliphatic heterocycles. The van der Waals surface area contributed by atoms with Crippen LogP contribution >= 0.6 is 15.9 Å². The lowest BCUT2D eigenvalue weighted by molar-refractivity contribution is 0.427. The number of anilines is 1. The van der Waals surface area contributed by atoms with E-state index in [4.69, 9.17) is 10.5 Å². The number of hydrogen-bond acceptors (Lipinski definition) is 3. The molecule has 5 heteroatoms. The average Bonchev–Trinajstić information content (AvgIpc) is 2.57. The number of ether oxygens (including phenoxy) is 1. The zero-order chi connectivity index (χ0) is 10.8. The van der Waals surface area contributed by atoms with Gasteiger partial charge in [-0.05, 0) is 18.2 Å². The van der Waals surface area contributed by atoms with E-state index in [-0.39, 0.29) is 0 Å². The summed E-state index contributed by atoms with van der Waals surface area (Å²) in [5.74, 6) is 0.604. The topological polar surface area (TPSA) is 53.1 Å². The molecule has 15 heavy (non-hydrogen) atoms. The molecule has 0 fully saturated rings. The standard InChI is InChI=1S/C10H10BrN3O/c1-14-5-4-13-10(14)15-9-3-2-7(11)6-8(9)12/h2-6H,12H2,1H3. The third kappa shape index (κ3) is 2.12. The maximum atomic E-state index is 5.80. The molecular weight excluding hydrogens is 258 g/mol. The van der Waals surface area contributed by atoms with Gasteiger partial charge in [-0.25, -0.2) is 4.98 Å². The largest absolute Gasteiger partial charge is 0.423 e. The molecule has 2 rings (SSSR count). The summed E-state index contributed by atoms with van der Waals surface area (Å²) in [5, 5.41) is 0. The number of imidazole rings is 1. The maximum Gasteiger partial charge on any atom is 0.301 e. The van der Waals surface area contributed by atoms with Crippen LogP contribution in [-0.4, -0.2) is 9.55 Å². The lowest BCUT2D eigenvalue weighted by Gasteiger charge is -2.07. The van der Waals surface area contributed by atoms with Crippen LogP contribution in [0.2, 0.25) is 0 Å². The van der Waals surface area contributed by atoms with Crippen molar-refractivity contribution in [2.75, 3.05) is 5.73 Å². The normalized spacial score (nSPS) is 10.3. The smallest absolute Gasteiger partial charge is 0.301 e. The number of hydrogen-bond donors (Lipinski definition) is 1. The highest BCUT2D eigenvalue weighted by Gasteiger charge is 2.05. The van der Waals surface area contributed by atoms with Crippen LogP contribution in [0.3, 0.4) is 0 Å². The Hall–Kier alpha value is -1.49. The third-order valence-electron chi connectivity index (χ3n) is 1.95. The lowest BCUT2D eigenvalue weighted by Crippen LogP contribution is -1.96. The molecule has 1 aromatic carbocycles. The van der Waals surface area contributed by atoms with E-state index < -0.39 is 0 Å². The molecule has 0 aliphatic rings. The SMILES string of the molecule is Cn1ccnc1Oc1ccc(Br)cc1N. The van der Waals surface area contributed by atoms with Crippen LogP contribution in [0.1, 0.15) is 0 Å². The molecule has 0 amide bonds. The number of rotatable bonds is 2. The first-order chi connectivity index (χ1) is 7.16. The van der Waals surface area contributed by atoms with Gasteiger partial charge in [0, 0.05) is 23.9 Å². The molecule has 0 atom stereocenters. The van der Waals surface area contributed by atoms with Crippen LogP contribution in [0.15, 0.2) is 35.1 Å². The highest BCUT2D eigenvalue weighted by Crippen LogP contribution is 2.28. The van der Waals surface area contributed by atoms with Gasteiger partial charge in [0.25, 0.3) is 0 Å². The Morgan fingerprint density at radius 1 is 1.47 bits per heavy atom. The van der Waals surface area contributed by atoms with Gasteiger partial charge in [-0.3, -0.25) is 0 Å². The van der Waals surface area contributed by atoms with Gasteiger partial charge in [-0.2, -0.15) is 0 Å². The predicted molar refractivity (Wildman–Crippen MR) is 61.8 cm³/mol. The van der Waals surface area contributed by atoms with E-state index in [9.17, 15) is 0 Å². The maximum absolute atomic E-state index is 5.80. The average molecular weight is 268 g/mol. The van der Waals surface area contributed by atoms with E-state index in [1.165, 1.54) is 0 Å². The highest BCUT2D eigenvalue weighted by molar-refractivity contribution is 9.10. The molecule has 0 spiro atoms. The fourth-order valence-electron chi connectivity index (χ4n) is 1.16. The van der Waals surface area contributed by atoms with Crippen LogP contribution in [0, 0.1) is 0 Å². The van der Waals surface area contributed by atoms with E-state index in [1.807, 2.05) is 19.3 Å². The van der Waals surface area contributed by atoms with E-state index in [2.05, 4.69) is 20.9 Å². The number of halogens is 1. The van der Waals surface area contributed by atoms with Crippen molar-refractivity contribution in [3.8, 4) is 11.8 Å². The second kappa shape index (κ2) is 3.94. The lowest BCUT2D eigenvalue weighted by atomic mass is 10.3. The Bertz CT molecular complexity index is 481. The van der Waals surface area contributed by atoms with Crippen LogP contribution in [0.4, 0.5) is 5.69 Å². The fourth-order valence-corrected chi connectivity index (χ4v) is 1.54. The van der Waals surface area contributed by atoms with Crippen LogP contribution in [0.5, 0.6) is 11.8 Å². The van der Waals surface area contributed by atoms with Gasteiger partial charge in [0.1, 0.15) is 0 Å². The number of benzene rings is 1. The zero-order valence-electron chi connectivity index (χ0n) is 8.14. The molecule has 0 aliphatic carbocycles. The van der Waals surface area contributed by atoms with Gasteiger partial charge in [-0.15, -0.1) is 0 Å². The molecule has 2 aromatic rings. The number of aromatic nitrogens is 2. The first-order valence-corrected chi connectivity index (χ1v) is 5.16. The number of nitrogen functional groups attached to an aromatic ring is 1. The highest BCUT2D eigenvalue weighted by atomic mass is 79.9. The molecule has 0 saturated heterocycles. The summed E-state index contributed by atoms with van der Waals surface area (Å²) in [6, 6.07) is 5.98. The molecule has 1 heterocycles. The van der Waals surface area contributed by atoms with E-state index in [0.29, 0.717) is 17.4 Å². The van der Waals surface area contributed by atoms with Crippen molar-refractivity contribution in [3.05, 3.63) is 35.1 Å². The Morgan fingerprint density at radius 3 is 2.87 bits per heavy atom. The molecule has 0 bridgehead atoms. The summed E-state index contributed by atoms with van der Waals surface area (Å²) in [6.07, 6.45) is 3.48. The molecule has 0 radical (unpaired) electrons. The van der Waals surface area contributed by atoms with Gasteiger partial charge < -0.3 is 15.0 Å². The monoisotopic (exact) mass is 267 g/mol. The number of nitrogens with zero attached hydrogens (tertiary/aromatic N) is 2.